The summed E-state index contributed by atoms with van der Waals surface area (Å²) in [6.07, 6.45) is 0. The molecular formula is C22H22N4O4S. The number of nitrogens with one attached hydrogen (secondary N) is 1. The molecule has 0 aliphatic heterocycles. The fourth-order valence-electron chi connectivity index (χ4n) is 3.18. The fourth-order valence-corrected chi connectivity index (χ4v) is 4.13. The van der Waals surface area contributed by atoms with Gasteiger partial charge in [0.15, 0.2) is 0 Å². The van der Waals surface area contributed by atoms with Crippen LogP contribution in [0.25, 0.3) is 15.3 Å². The number of fused-ring (bicyclic) bond motifs is 1. The molecule has 0 aliphatic carbocycles. The first-order chi connectivity index (χ1) is 15.0. The second kappa shape index (κ2) is 8.65. The Balaban J connectivity index is 1.71. The maximum absolute atomic E-state index is 13.0. The average Bonchev–Trinajstić information content (AvgIpc) is 3.37. The van der Waals surface area contributed by atoms with E-state index in [1.807, 2.05) is 32.0 Å². The largest absolute Gasteiger partial charge is 0.497 e. The molecule has 31 heavy (non-hydrogen) atoms. The molecule has 0 saturated heterocycles. The van der Waals surface area contributed by atoms with E-state index in [-0.39, 0.29) is 5.91 Å². The van der Waals surface area contributed by atoms with E-state index >= 15 is 0 Å². The van der Waals surface area contributed by atoms with Crippen molar-refractivity contribution in [2.24, 2.45) is 0 Å². The molecule has 4 rings (SSSR count). The van der Waals surface area contributed by atoms with E-state index in [4.69, 9.17) is 19.2 Å². The number of aryl methyl sites for hydroxylation is 1. The molecule has 2 aromatic carbocycles. The number of hydrogen-bond donors (Lipinski definition) is 1. The van der Waals surface area contributed by atoms with Gasteiger partial charge in [-0.1, -0.05) is 17.4 Å². The molecule has 2 heterocycles. The Kier molecular flexibility index (Phi) is 5.77. The van der Waals surface area contributed by atoms with Crippen LogP contribution in [0, 0.1) is 6.92 Å². The second-order valence-electron chi connectivity index (χ2n) is 6.64. The Morgan fingerprint density at radius 1 is 1.13 bits per heavy atom. The van der Waals surface area contributed by atoms with Crippen molar-refractivity contribution in [3.8, 4) is 22.4 Å². The maximum atomic E-state index is 13.0. The van der Waals surface area contributed by atoms with Gasteiger partial charge in [0.1, 0.15) is 28.6 Å². The second-order valence-corrected chi connectivity index (χ2v) is 7.64. The van der Waals surface area contributed by atoms with Crippen molar-refractivity contribution in [1.29, 1.82) is 0 Å². The summed E-state index contributed by atoms with van der Waals surface area (Å²) in [6.45, 7) is 4.34. The third-order valence-electron chi connectivity index (χ3n) is 4.58. The van der Waals surface area contributed by atoms with Crippen LogP contribution in [0.4, 0.5) is 5.82 Å². The standard InChI is InChI=1S/C22H22N4O4S/c1-5-30-17-7-6-8-18-20(17)24-22(31-18)26-19(11-13(2)25-26)23-21(27)15-12-14(28-3)9-10-16(15)29-4/h6-12H,5H2,1-4H3,(H,23,27). The van der Waals surface area contributed by atoms with E-state index in [2.05, 4.69) is 10.4 Å². The van der Waals surface area contributed by atoms with Gasteiger partial charge in [0.2, 0.25) is 5.13 Å². The lowest BCUT2D eigenvalue weighted by Gasteiger charge is -2.11. The summed E-state index contributed by atoms with van der Waals surface area (Å²) in [5, 5.41) is 8.07. The van der Waals surface area contributed by atoms with E-state index in [1.54, 1.807) is 36.1 Å². The Labute approximate surface area is 183 Å². The zero-order chi connectivity index (χ0) is 22.0. The van der Waals surface area contributed by atoms with Gasteiger partial charge in [0, 0.05) is 6.07 Å². The molecule has 8 nitrogen and oxygen atoms in total. The molecule has 9 heteroatoms. The van der Waals surface area contributed by atoms with Crippen molar-refractivity contribution in [2.75, 3.05) is 26.1 Å². The summed E-state index contributed by atoms with van der Waals surface area (Å²) in [5.74, 6) is 1.89. The minimum Gasteiger partial charge on any atom is -0.497 e. The highest BCUT2D eigenvalue weighted by Gasteiger charge is 2.19. The van der Waals surface area contributed by atoms with Gasteiger partial charge in [0.05, 0.1) is 36.8 Å². The first-order valence-electron chi connectivity index (χ1n) is 9.66. The minimum atomic E-state index is -0.340. The van der Waals surface area contributed by atoms with E-state index in [0.29, 0.717) is 34.6 Å². The molecule has 4 aromatic rings. The van der Waals surface area contributed by atoms with Crippen molar-refractivity contribution < 1.29 is 19.0 Å². The molecule has 1 amide bonds. The summed E-state index contributed by atoms with van der Waals surface area (Å²) in [7, 11) is 3.07. The number of benzene rings is 2. The average molecular weight is 439 g/mol. The number of methoxy groups -OCH3 is 2. The summed E-state index contributed by atoms with van der Waals surface area (Å²) in [4.78, 5) is 17.8. The van der Waals surface area contributed by atoms with Crippen LogP contribution >= 0.6 is 11.3 Å². The lowest BCUT2D eigenvalue weighted by molar-refractivity contribution is 0.102. The van der Waals surface area contributed by atoms with Gasteiger partial charge in [-0.3, -0.25) is 4.79 Å². The van der Waals surface area contributed by atoms with Gasteiger partial charge >= 0.3 is 0 Å². The highest BCUT2D eigenvalue weighted by Crippen LogP contribution is 2.33. The highest BCUT2D eigenvalue weighted by molar-refractivity contribution is 7.20. The first-order valence-corrected chi connectivity index (χ1v) is 10.5. The van der Waals surface area contributed by atoms with Crippen LogP contribution in [0.5, 0.6) is 17.2 Å². The van der Waals surface area contributed by atoms with Crippen LogP contribution in [0.1, 0.15) is 23.0 Å². The number of para-hydroxylation sites is 1. The summed E-state index contributed by atoms with van der Waals surface area (Å²) >= 11 is 1.47. The van der Waals surface area contributed by atoms with Gasteiger partial charge in [-0.05, 0) is 44.2 Å². The Hall–Kier alpha value is -3.59. The van der Waals surface area contributed by atoms with Gasteiger partial charge in [-0.2, -0.15) is 9.78 Å². The van der Waals surface area contributed by atoms with Crippen molar-refractivity contribution >= 4 is 33.3 Å². The summed E-state index contributed by atoms with van der Waals surface area (Å²) in [5.41, 5.74) is 1.87. The monoisotopic (exact) mass is 438 g/mol. The number of hydrogen-bond acceptors (Lipinski definition) is 7. The van der Waals surface area contributed by atoms with Gasteiger partial charge in [0.25, 0.3) is 5.91 Å². The summed E-state index contributed by atoms with van der Waals surface area (Å²) in [6, 6.07) is 12.7. The van der Waals surface area contributed by atoms with Crippen LogP contribution in [0.15, 0.2) is 42.5 Å². The van der Waals surface area contributed by atoms with Crippen LogP contribution in [-0.2, 0) is 0 Å². The van der Waals surface area contributed by atoms with Crippen molar-refractivity contribution in [1.82, 2.24) is 14.8 Å². The number of rotatable bonds is 7. The molecule has 0 unspecified atom stereocenters. The molecule has 0 atom stereocenters. The predicted octanol–water partition coefficient (Wildman–Crippen LogP) is 4.46. The molecule has 0 bridgehead atoms. The number of carbonyl (C=O) groups is 1. The SMILES string of the molecule is CCOc1cccc2sc(-n3nc(C)cc3NC(=O)c3cc(OC)ccc3OC)nc12. The van der Waals surface area contributed by atoms with Crippen LogP contribution < -0.4 is 19.5 Å². The molecule has 160 valence electrons. The molecule has 0 radical (unpaired) electrons. The van der Waals surface area contributed by atoms with E-state index < -0.39 is 0 Å². The Morgan fingerprint density at radius 3 is 2.71 bits per heavy atom. The molecule has 0 saturated carbocycles. The molecule has 0 spiro atoms. The van der Waals surface area contributed by atoms with Crippen LogP contribution in [0.3, 0.4) is 0 Å². The lowest BCUT2D eigenvalue weighted by Crippen LogP contribution is -2.16. The smallest absolute Gasteiger partial charge is 0.260 e. The topological polar surface area (TPSA) is 87.5 Å². The quantitative estimate of drug-likeness (QED) is 0.458. The molecule has 0 aliphatic rings. The van der Waals surface area contributed by atoms with E-state index in [1.165, 1.54) is 18.4 Å². The van der Waals surface area contributed by atoms with Gasteiger partial charge < -0.3 is 19.5 Å². The zero-order valence-electron chi connectivity index (χ0n) is 17.6. The number of aromatic nitrogens is 3. The number of carbonyl (C=O) groups excluding carboxylic acids is 1. The van der Waals surface area contributed by atoms with Crippen molar-refractivity contribution in [3.05, 3.63) is 53.7 Å². The first kappa shape index (κ1) is 20.7. The lowest BCUT2D eigenvalue weighted by atomic mass is 10.1. The predicted molar refractivity (Wildman–Crippen MR) is 120 cm³/mol. The van der Waals surface area contributed by atoms with Crippen molar-refractivity contribution in [3.63, 3.8) is 0 Å². The van der Waals surface area contributed by atoms with E-state index in [0.717, 1.165) is 21.7 Å². The Bertz CT molecular complexity index is 1250. The normalized spacial score (nSPS) is 10.8. The highest BCUT2D eigenvalue weighted by atomic mass is 32.1. The third kappa shape index (κ3) is 4.04. The van der Waals surface area contributed by atoms with Crippen LogP contribution in [0.2, 0.25) is 0 Å². The molecule has 2 aromatic heterocycles. The molecule has 0 fully saturated rings. The number of amides is 1. The maximum Gasteiger partial charge on any atom is 0.260 e. The number of anilines is 1. The number of thiazole rings is 1. The summed E-state index contributed by atoms with van der Waals surface area (Å²) < 4.78 is 18.9. The Morgan fingerprint density at radius 2 is 1.97 bits per heavy atom. The van der Waals surface area contributed by atoms with E-state index in [9.17, 15) is 4.79 Å². The fraction of sp³-hybridized carbons (Fsp3) is 0.227. The van der Waals surface area contributed by atoms with Gasteiger partial charge in [-0.25, -0.2) is 4.98 Å². The van der Waals surface area contributed by atoms with Gasteiger partial charge in [-0.15, -0.1) is 0 Å². The zero-order valence-corrected chi connectivity index (χ0v) is 18.4. The number of ether oxygens (including phenoxy) is 3. The van der Waals surface area contributed by atoms with Crippen molar-refractivity contribution in [2.45, 2.75) is 13.8 Å². The number of nitrogens with zero attached hydrogens (tertiary/aromatic N) is 3. The van der Waals surface area contributed by atoms with Crippen LogP contribution in [-0.4, -0.2) is 41.5 Å². The molecule has 1 N–H and O–H groups in total. The molecular weight excluding hydrogens is 416 g/mol. The third-order valence-corrected chi connectivity index (χ3v) is 5.57. The minimum absolute atomic E-state index is 0.340.